The molecule has 1 saturated heterocycles. The van der Waals surface area contributed by atoms with E-state index in [1.165, 1.54) is 11.3 Å². The van der Waals surface area contributed by atoms with Crippen LogP contribution in [0.15, 0.2) is 30.3 Å². The van der Waals surface area contributed by atoms with E-state index in [-0.39, 0.29) is 24.1 Å². The fourth-order valence-electron chi connectivity index (χ4n) is 4.56. The second-order valence-corrected chi connectivity index (χ2v) is 9.69. The Hall–Kier alpha value is -2.88. The Balaban J connectivity index is 1.26. The van der Waals surface area contributed by atoms with Gasteiger partial charge in [0, 0.05) is 42.5 Å². The summed E-state index contributed by atoms with van der Waals surface area (Å²) in [6, 6.07) is 9.92. The molecule has 5 rings (SSSR count). The number of rotatable bonds is 5. The van der Waals surface area contributed by atoms with Crippen molar-refractivity contribution in [1.29, 1.82) is 0 Å². The number of nitrogens with one attached hydrogen (secondary N) is 1. The smallest absolute Gasteiger partial charge is 0.263 e. The third kappa shape index (κ3) is 4.23. The predicted molar refractivity (Wildman–Crippen MR) is 131 cm³/mol. The summed E-state index contributed by atoms with van der Waals surface area (Å²) in [6.45, 7) is 6.52. The van der Waals surface area contributed by atoms with Gasteiger partial charge in [-0.2, -0.15) is 0 Å². The van der Waals surface area contributed by atoms with Gasteiger partial charge in [-0.15, -0.1) is 11.3 Å². The minimum Gasteiger partial charge on any atom is -0.491 e. The highest BCUT2D eigenvalue weighted by Gasteiger charge is 2.32. The second-order valence-electron chi connectivity index (χ2n) is 8.69. The Labute approximate surface area is 196 Å². The third-order valence-electron chi connectivity index (χ3n) is 6.29. The first kappa shape index (κ1) is 21.9. The normalized spacial score (nSPS) is 22.3. The summed E-state index contributed by atoms with van der Waals surface area (Å²) < 4.78 is 11.8. The number of aromatic nitrogens is 1. The lowest BCUT2D eigenvalue weighted by Crippen LogP contribution is -2.42. The largest absolute Gasteiger partial charge is 0.491 e. The van der Waals surface area contributed by atoms with Crippen LogP contribution in [0, 0.1) is 6.92 Å². The molecule has 0 saturated carbocycles. The zero-order valence-corrected chi connectivity index (χ0v) is 19.7. The number of anilines is 2. The summed E-state index contributed by atoms with van der Waals surface area (Å²) in [5, 5.41) is 3.90. The van der Waals surface area contributed by atoms with Crippen molar-refractivity contribution in [2.24, 2.45) is 5.73 Å². The number of aryl methyl sites for hydroxylation is 1. The van der Waals surface area contributed by atoms with E-state index in [2.05, 4.69) is 33.4 Å². The first-order valence-electron chi connectivity index (χ1n) is 11.3. The minimum atomic E-state index is -0.185. The fourth-order valence-corrected chi connectivity index (χ4v) is 5.60. The van der Waals surface area contributed by atoms with Crippen LogP contribution in [0.3, 0.4) is 0 Å². The van der Waals surface area contributed by atoms with Crippen LogP contribution in [0.1, 0.15) is 27.9 Å². The molecule has 0 radical (unpaired) electrons. The van der Waals surface area contributed by atoms with E-state index < -0.39 is 0 Å². The number of nitrogen functional groups attached to an aromatic ring is 1. The van der Waals surface area contributed by atoms with Crippen LogP contribution in [0.25, 0.3) is 10.2 Å². The number of hydrogen-bond acceptors (Lipinski definition) is 8. The maximum absolute atomic E-state index is 12.9. The van der Waals surface area contributed by atoms with E-state index in [1.807, 2.05) is 26.0 Å². The third-order valence-corrected chi connectivity index (χ3v) is 7.40. The Morgan fingerprint density at radius 1 is 1.33 bits per heavy atom. The summed E-state index contributed by atoms with van der Waals surface area (Å²) >= 11 is 1.33. The molecule has 2 aliphatic heterocycles. The van der Waals surface area contributed by atoms with Crippen LogP contribution in [0.5, 0.6) is 5.75 Å². The maximum atomic E-state index is 12.9. The number of nitrogens with two attached hydrogens (primary N) is 2. The van der Waals surface area contributed by atoms with Crippen molar-refractivity contribution >= 4 is 38.8 Å². The Kier molecular flexibility index (Phi) is 5.86. The lowest BCUT2D eigenvalue weighted by atomic mass is 10.0. The quantitative estimate of drug-likeness (QED) is 0.528. The number of ether oxygens (including phenoxy) is 2. The molecule has 1 aromatic carbocycles. The molecule has 2 aliphatic rings. The fraction of sp³-hybridized carbons (Fsp3) is 0.417. The maximum Gasteiger partial charge on any atom is 0.263 e. The molecule has 2 aromatic heterocycles. The molecule has 0 unspecified atom stereocenters. The van der Waals surface area contributed by atoms with Crippen LogP contribution >= 0.6 is 11.3 Å². The van der Waals surface area contributed by atoms with Crippen molar-refractivity contribution in [1.82, 2.24) is 10.3 Å². The molecule has 33 heavy (non-hydrogen) atoms. The summed E-state index contributed by atoms with van der Waals surface area (Å²) in [5.74, 6) is 0.669. The molecular formula is C24H29N5O3S. The Morgan fingerprint density at radius 2 is 2.18 bits per heavy atom. The van der Waals surface area contributed by atoms with Gasteiger partial charge in [0.1, 0.15) is 22.1 Å². The van der Waals surface area contributed by atoms with E-state index in [9.17, 15) is 4.79 Å². The molecule has 0 bridgehead atoms. The number of amides is 1. The molecule has 5 N–H and O–H groups in total. The number of pyridine rings is 1. The number of fused-ring (bicyclic) bond motifs is 2. The second kappa shape index (κ2) is 8.81. The SMILES string of the molecule is CCO[C@@H]1CN(c2ccc3c(c2)OC[C@H](NC(=O)c2sc4nc(C)ccc4c2N)C3)C[C@@H]1N. The van der Waals surface area contributed by atoms with Gasteiger partial charge in [0.05, 0.1) is 23.9 Å². The topological polar surface area (TPSA) is 116 Å². The van der Waals surface area contributed by atoms with Crippen LogP contribution in [-0.4, -0.2) is 55.4 Å². The summed E-state index contributed by atoms with van der Waals surface area (Å²) in [7, 11) is 0. The first-order chi connectivity index (χ1) is 15.9. The number of carbonyl (C=O) groups is 1. The number of carbonyl (C=O) groups excluding carboxylic acids is 1. The average molecular weight is 468 g/mol. The molecule has 0 aliphatic carbocycles. The number of thiophene rings is 1. The molecule has 1 amide bonds. The van der Waals surface area contributed by atoms with Crippen molar-refractivity contribution in [2.45, 2.75) is 38.5 Å². The molecule has 3 aromatic rings. The monoisotopic (exact) mass is 467 g/mol. The summed E-state index contributed by atoms with van der Waals surface area (Å²) in [4.78, 5) is 21.0. The summed E-state index contributed by atoms with van der Waals surface area (Å²) in [5.41, 5.74) is 16.0. The van der Waals surface area contributed by atoms with Gasteiger partial charge in [-0.25, -0.2) is 4.98 Å². The molecule has 174 valence electrons. The van der Waals surface area contributed by atoms with Gasteiger partial charge in [-0.05, 0) is 44.0 Å². The lowest BCUT2D eigenvalue weighted by Gasteiger charge is -2.28. The lowest BCUT2D eigenvalue weighted by molar-refractivity contribution is 0.0680. The molecule has 4 heterocycles. The molecule has 3 atom stereocenters. The van der Waals surface area contributed by atoms with Gasteiger partial charge >= 0.3 is 0 Å². The van der Waals surface area contributed by atoms with Crippen molar-refractivity contribution in [3.63, 3.8) is 0 Å². The minimum absolute atomic E-state index is 0.00180. The van der Waals surface area contributed by atoms with Crippen LogP contribution in [-0.2, 0) is 11.2 Å². The average Bonchev–Trinajstić information content (AvgIpc) is 3.33. The van der Waals surface area contributed by atoms with Crippen molar-refractivity contribution < 1.29 is 14.3 Å². The van der Waals surface area contributed by atoms with Gasteiger partial charge < -0.3 is 31.2 Å². The summed E-state index contributed by atoms with van der Waals surface area (Å²) in [6.07, 6.45) is 0.747. The van der Waals surface area contributed by atoms with E-state index in [4.69, 9.17) is 20.9 Å². The number of hydrogen-bond donors (Lipinski definition) is 3. The Morgan fingerprint density at radius 3 is 3.00 bits per heavy atom. The molecule has 8 nitrogen and oxygen atoms in total. The van der Waals surface area contributed by atoms with Crippen molar-refractivity contribution in [3.05, 3.63) is 46.5 Å². The van der Waals surface area contributed by atoms with E-state index in [1.54, 1.807) is 0 Å². The number of benzene rings is 1. The van der Waals surface area contributed by atoms with Gasteiger partial charge in [0.15, 0.2) is 0 Å². The molecule has 0 spiro atoms. The zero-order valence-electron chi connectivity index (χ0n) is 18.8. The van der Waals surface area contributed by atoms with Crippen LogP contribution in [0.4, 0.5) is 11.4 Å². The highest BCUT2D eigenvalue weighted by atomic mass is 32.1. The highest BCUT2D eigenvalue weighted by molar-refractivity contribution is 7.21. The molecule has 9 heteroatoms. The van der Waals surface area contributed by atoms with E-state index >= 15 is 0 Å². The van der Waals surface area contributed by atoms with Gasteiger partial charge in [-0.1, -0.05) is 6.07 Å². The van der Waals surface area contributed by atoms with E-state index in [0.717, 1.165) is 46.0 Å². The Bertz CT molecular complexity index is 1200. The molecule has 1 fully saturated rings. The number of nitrogens with zero attached hydrogens (tertiary/aromatic N) is 2. The van der Waals surface area contributed by atoms with Crippen molar-refractivity contribution in [2.75, 3.05) is 36.9 Å². The molecular weight excluding hydrogens is 438 g/mol. The van der Waals surface area contributed by atoms with Crippen LogP contribution in [0.2, 0.25) is 0 Å². The zero-order chi connectivity index (χ0) is 23.1. The van der Waals surface area contributed by atoms with Gasteiger partial charge in [0.25, 0.3) is 5.91 Å². The van der Waals surface area contributed by atoms with Crippen molar-refractivity contribution in [3.8, 4) is 5.75 Å². The van der Waals surface area contributed by atoms with Crippen LogP contribution < -0.4 is 26.4 Å². The predicted octanol–water partition coefficient (Wildman–Crippen LogP) is 2.47. The first-order valence-corrected chi connectivity index (χ1v) is 12.1. The highest BCUT2D eigenvalue weighted by Crippen LogP contribution is 2.34. The van der Waals surface area contributed by atoms with Gasteiger partial charge in [-0.3, -0.25) is 4.79 Å². The standard InChI is InChI=1S/C24H29N5O3S/c1-3-31-20-11-29(10-18(20)25)16-6-5-14-8-15(12-32-19(14)9-16)28-23(30)22-21(26)17-7-4-13(2)27-24(17)33-22/h4-7,9,15,18,20H,3,8,10-12,25-26H2,1-2H3,(H,28,30)/t15-,18+,20-/m1/s1. The van der Waals surface area contributed by atoms with E-state index in [0.29, 0.717) is 30.2 Å². The van der Waals surface area contributed by atoms with Gasteiger partial charge in [0.2, 0.25) is 0 Å².